The van der Waals surface area contributed by atoms with Gasteiger partial charge >= 0.3 is 0 Å². The third kappa shape index (κ3) is 5.03. The highest BCUT2D eigenvalue weighted by Crippen LogP contribution is 2.20. The zero-order chi connectivity index (χ0) is 13.7. The summed E-state index contributed by atoms with van der Waals surface area (Å²) >= 11 is 7.45. The summed E-state index contributed by atoms with van der Waals surface area (Å²) in [6.07, 6.45) is 5.42. The van der Waals surface area contributed by atoms with Gasteiger partial charge in [0, 0.05) is 11.9 Å². The van der Waals surface area contributed by atoms with Crippen molar-refractivity contribution in [3.63, 3.8) is 0 Å². The third-order valence-electron chi connectivity index (χ3n) is 3.61. The Morgan fingerprint density at radius 1 is 1.53 bits per heavy atom. The summed E-state index contributed by atoms with van der Waals surface area (Å²) in [6, 6.07) is 0. The van der Waals surface area contributed by atoms with Crippen LogP contribution < -0.4 is 0 Å². The molecule has 1 aliphatic rings. The van der Waals surface area contributed by atoms with Gasteiger partial charge in [0.1, 0.15) is 0 Å². The molecule has 0 saturated carbocycles. The van der Waals surface area contributed by atoms with Crippen LogP contribution in [0.5, 0.6) is 0 Å². The lowest BCUT2D eigenvalue weighted by atomic mass is 9.95. The minimum Gasteiger partial charge on any atom is -0.389 e. The molecule has 0 bridgehead atoms. The summed E-state index contributed by atoms with van der Waals surface area (Å²) in [5, 5.41) is 13.3. The number of halogens is 1. The Hall–Kier alpha value is -0.160. The van der Waals surface area contributed by atoms with E-state index in [1.54, 1.807) is 11.3 Å². The maximum atomic E-state index is 10.0. The summed E-state index contributed by atoms with van der Waals surface area (Å²) in [5.74, 6) is 0.513. The highest BCUT2D eigenvalue weighted by atomic mass is 35.5. The quantitative estimate of drug-likeness (QED) is 0.648. The average Bonchev–Trinajstić information content (AvgIpc) is 2.81. The first kappa shape index (κ1) is 15.2. The summed E-state index contributed by atoms with van der Waals surface area (Å²) in [4.78, 5) is 6.85. The summed E-state index contributed by atoms with van der Waals surface area (Å²) in [7, 11) is 0. The number of aryl methyl sites for hydroxylation is 1. The van der Waals surface area contributed by atoms with Crippen molar-refractivity contribution in [2.75, 3.05) is 19.6 Å². The van der Waals surface area contributed by atoms with Crippen molar-refractivity contribution in [3.05, 3.63) is 16.1 Å². The number of unbranched alkanes of at least 4 members (excludes halogenated alkanes) is 1. The van der Waals surface area contributed by atoms with E-state index < -0.39 is 5.60 Å². The number of alkyl halides is 1. The van der Waals surface area contributed by atoms with Gasteiger partial charge in [0.2, 0.25) is 0 Å². The van der Waals surface area contributed by atoms with Crippen LogP contribution >= 0.6 is 22.9 Å². The second-order valence-corrected chi connectivity index (χ2v) is 6.91. The Morgan fingerprint density at radius 3 is 3.05 bits per heavy atom. The SMILES string of the molecule is CC1(O)CCCN(CCCCc2nc(CCl)cs2)C1. The van der Waals surface area contributed by atoms with E-state index in [2.05, 4.69) is 9.88 Å². The van der Waals surface area contributed by atoms with Gasteiger partial charge in [0.25, 0.3) is 0 Å². The van der Waals surface area contributed by atoms with Crippen LogP contribution in [0.1, 0.15) is 43.3 Å². The van der Waals surface area contributed by atoms with Crippen LogP contribution in [-0.2, 0) is 12.3 Å². The first-order valence-corrected chi connectivity index (χ1v) is 8.44. The molecule has 0 amide bonds. The Bertz CT molecular complexity index is 395. The molecule has 1 fully saturated rings. The molecule has 2 heterocycles. The number of hydrogen-bond donors (Lipinski definition) is 1. The molecule has 1 saturated heterocycles. The van der Waals surface area contributed by atoms with E-state index in [4.69, 9.17) is 11.6 Å². The fourth-order valence-corrected chi connectivity index (χ4v) is 3.72. The lowest BCUT2D eigenvalue weighted by molar-refractivity contribution is -0.0157. The third-order valence-corrected chi connectivity index (χ3v) is 4.84. The number of likely N-dealkylation sites (tertiary alicyclic amines) is 1. The highest BCUT2D eigenvalue weighted by Gasteiger charge is 2.27. The standard InChI is InChI=1S/C14H23ClN2OS/c1-14(18)6-4-8-17(11-14)7-3-2-5-13-16-12(9-15)10-19-13/h10,18H,2-9,11H2,1H3. The maximum absolute atomic E-state index is 10.0. The topological polar surface area (TPSA) is 36.4 Å². The number of aliphatic hydroxyl groups is 1. The zero-order valence-electron chi connectivity index (χ0n) is 11.6. The lowest BCUT2D eigenvalue weighted by Crippen LogP contribution is -2.46. The van der Waals surface area contributed by atoms with Gasteiger partial charge < -0.3 is 10.0 Å². The fourth-order valence-electron chi connectivity index (χ4n) is 2.65. The van der Waals surface area contributed by atoms with Crippen molar-refractivity contribution in [1.82, 2.24) is 9.88 Å². The van der Waals surface area contributed by atoms with Gasteiger partial charge in [-0.25, -0.2) is 4.98 Å². The molecule has 1 atom stereocenters. The van der Waals surface area contributed by atoms with Gasteiger partial charge in [-0.05, 0) is 52.1 Å². The molecule has 5 heteroatoms. The van der Waals surface area contributed by atoms with Gasteiger partial charge in [-0.3, -0.25) is 0 Å². The maximum Gasteiger partial charge on any atom is 0.0928 e. The molecular formula is C14H23ClN2OS. The Morgan fingerprint density at radius 2 is 2.37 bits per heavy atom. The molecule has 0 aliphatic carbocycles. The molecule has 1 unspecified atom stereocenters. The normalized spacial score (nSPS) is 24.8. The van der Waals surface area contributed by atoms with Crippen LogP contribution in [0, 0.1) is 0 Å². The van der Waals surface area contributed by atoms with Crippen molar-refractivity contribution in [2.45, 2.75) is 50.5 Å². The Kier molecular flexibility index (Phi) is 5.63. The van der Waals surface area contributed by atoms with E-state index in [1.165, 1.54) is 11.4 Å². The van der Waals surface area contributed by atoms with Crippen LogP contribution in [0.4, 0.5) is 0 Å². The van der Waals surface area contributed by atoms with E-state index in [1.807, 2.05) is 12.3 Å². The van der Waals surface area contributed by atoms with E-state index in [9.17, 15) is 5.11 Å². The van der Waals surface area contributed by atoms with Crippen LogP contribution in [0.2, 0.25) is 0 Å². The number of nitrogens with zero attached hydrogens (tertiary/aromatic N) is 2. The first-order chi connectivity index (χ1) is 9.09. The van der Waals surface area contributed by atoms with E-state index in [0.29, 0.717) is 5.88 Å². The van der Waals surface area contributed by atoms with Crippen LogP contribution in [0.15, 0.2) is 5.38 Å². The smallest absolute Gasteiger partial charge is 0.0928 e. The number of rotatable bonds is 6. The molecular weight excluding hydrogens is 280 g/mol. The van der Waals surface area contributed by atoms with Gasteiger partial charge in [0.15, 0.2) is 0 Å². The minimum atomic E-state index is -0.483. The largest absolute Gasteiger partial charge is 0.389 e. The van der Waals surface area contributed by atoms with Crippen LogP contribution in [0.25, 0.3) is 0 Å². The van der Waals surface area contributed by atoms with E-state index >= 15 is 0 Å². The molecule has 0 radical (unpaired) electrons. The number of hydrogen-bond acceptors (Lipinski definition) is 4. The van der Waals surface area contributed by atoms with Gasteiger partial charge in [-0.1, -0.05) is 0 Å². The number of thiazole rings is 1. The second-order valence-electron chi connectivity index (χ2n) is 5.70. The molecule has 19 heavy (non-hydrogen) atoms. The molecule has 1 N–H and O–H groups in total. The summed E-state index contributed by atoms with van der Waals surface area (Å²) in [5.41, 5.74) is 0.511. The molecule has 1 aliphatic heterocycles. The van der Waals surface area contributed by atoms with Crippen molar-refractivity contribution in [3.8, 4) is 0 Å². The molecule has 108 valence electrons. The number of piperidine rings is 1. The van der Waals surface area contributed by atoms with E-state index in [-0.39, 0.29) is 0 Å². The lowest BCUT2D eigenvalue weighted by Gasteiger charge is -2.36. The Labute approximate surface area is 124 Å². The molecule has 2 rings (SSSR count). The fraction of sp³-hybridized carbons (Fsp3) is 0.786. The molecule has 0 aromatic carbocycles. The zero-order valence-corrected chi connectivity index (χ0v) is 13.1. The van der Waals surface area contributed by atoms with Gasteiger partial charge in [0.05, 0.1) is 22.2 Å². The predicted octanol–water partition coefficient (Wildman–Crippen LogP) is 3.05. The van der Waals surface area contributed by atoms with Gasteiger partial charge in [-0.2, -0.15) is 0 Å². The molecule has 3 nitrogen and oxygen atoms in total. The predicted molar refractivity (Wildman–Crippen MR) is 80.9 cm³/mol. The number of aromatic nitrogens is 1. The summed E-state index contributed by atoms with van der Waals surface area (Å²) in [6.45, 7) is 4.98. The molecule has 1 aromatic heterocycles. The average molecular weight is 303 g/mol. The first-order valence-electron chi connectivity index (χ1n) is 7.03. The highest BCUT2D eigenvalue weighted by molar-refractivity contribution is 7.09. The van der Waals surface area contributed by atoms with Crippen molar-refractivity contribution in [1.29, 1.82) is 0 Å². The van der Waals surface area contributed by atoms with Crippen LogP contribution in [0.3, 0.4) is 0 Å². The van der Waals surface area contributed by atoms with Crippen molar-refractivity contribution < 1.29 is 5.11 Å². The minimum absolute atomic E-state index is 0.483. The van der Waals surface area contributed by atoms with Gasteiger partial charge in [-0.15, -0.1) is 22.9 Å². The monoisotopic (exact) mass is 302 g/mol. The number of β-amino-alcohol motifs (C(OH)–C–C–N with tert-alkyl or cyclic N) is 1. The second kappa shape index (κ2) is 7.02. The van der Waals surface area contributed by atoms with Crippen molar-refractivity contribution in [2.24, 2.45) is 0 Å². The van der Waals surface area contributed by atoms with Crippen molar-refractivity contribution >= 4 is 22.9 Å². The summed E-state index contributed by atoms with van der Waals surface area (Å²) < 4.78 is 0. The van der Waals surface area contributed by atoms with E-state index in [0.717, 1.165) is 51.0 Å². The van der Waals surface area contributed by atoms with Crippen LogP contribution in [-0.4, -0.2) is 40.2 Å². The molecule has 1 aromatic rings. The Balaban J connectivity index is 1.64. The molecule has 0 spiro atoms.